The van der Waals surface area contributed by atoms with E-state index < -0.39 is 11.9 Å². The summed E-state index contributed by atoms with van der Waals surface area (Å²) in [6.07, 6.45) is 2.54. The highest BCUT2D eigenvalue weighted by atomic mass is 35.5. The molecule has 0 bridgehead atoms. The standard InChI is InChI=1S/C12H11ClFNO2/c13-10-5-8(1-3-11(10)14)2-4-12(17)15-6-9(16)7-15/h1-5,9,16H,6-7H2/b4-2+. The van der Waals surface area contributed by atoms with Crippen molar-refractivity contribution in [2.45, 2.75) is 6.10 Å². The van der Waals surface area contributed by atoms with Crippen LogP contribution in [0.2, 0.25) is 5.02 Å². The Bertz CT molecular complexity index is 470. The molecule has 0 aliphatic carbocycles. The summed E-state index contributed by atoms with van der Waals surface area (Å²) in [5.41, 5.74) is 0.658. The number of hydrogen-bond donors (Lipinski definition) is 1. The molecule has 2 rings (SSSR count). The maximum Gasteiger partial charge on any atom is 0.246 e. The molecule has 1 N–H and O–H groups in total. The maximum absolute atomic E-state index is 12.9. The highest BCUT2D eigenvalue weighted by Crippen LogP contribution is 2.17. The maximum atomic E-state index is 12.9. The molecule has 0 unspecified atom stereocenters. The van der Waals surface area contributed by atoms with Crippen molar-refractivity contribution >= 4 is 23.6 Å². The molecule has 0 radical (unpaired) electrons. The van der Waals surface area contributed by atoms with E-state index in [1.165, 1.54) is 29.2 Å². The van der Waals surface area contributed by atoms with Gasteiger partial charge in [-0.1, -0.05) is 17.7 Å². The average molecular weight is 256 g/mol. The van der Waals surface area contributed by atoms with Gasteiger partial charge in [-0.3, -0.25) is 4.79 Å². The third-order valence-corrected chi connectivity index (χ3v) is 2.83. The number of benzene rings is 1. The lowest BCUT2D eigenvalue weighted by atomic mass is 10.1. The summed E-state index contributed by atoms with van der Waals surface area (Å²) in [6, 6.07) is 4.24. The number of carbonyl (C=O) groups excluding carboxylic acids is 1. The average Bonchev–Trinajstić information content (AvgIpc) is 2.26. The van der Waals surface area contributed by atoms with Gasteiger partial charge in [-0.05, 0) is 23.8 Å². The second kappa shape index (κ2) is 4.85. The Morgan fingerprint density at radius 1 is 1.53 bits per heavy atom. The molecule has 1 aromatic rings. The fourth-order valence-electron chi connectivity index (χ4n) is 1.52. The Hall–Kier alpha value is -1.39. The normalized spacial score (nSPS) is 16.3. The van der Waals surface area contributed by atoms with E-state index in [0.717, 1.165) is 0 Å². The molecular formula is C12H11ClFNO2. The van der Waals surface area contributed by atoms with Crippen LogP contribution in [-0.4, -0.2) is 35.1 Å². The molecule has 0 atom stereocenters. The first-order chi connectivity index (χ1) is 8.06. The minimum atomic E-state index is -0.485. The van der Waals surface area contributed by atoms with E-state index in [-0.39, 0.29) is 10.9 Å². The van der Waals surface area contributed by atoms with Crippen molar-refractivity contribution in [1.82, 2.24) is 4.90 Å². The quantitative estimate of drug-likeness (QED) is 0.817. The van der Waals surface area contributed by atoms with Crippen molar-refractivity contribution in [2.24, 2.45) is 0 Å². The number of aliphatic hydroxyl groups excluding tert-OH is 1. The van der Waals surface area contributed by atoms with Crippen LogP contribution in [0, 0.1) is 5.82 Å². The zero-order chi connectivity index (χ0) is 12.4. The van der Waals surface area contributed by atoms with Crippen LogP contribution in [0.25, 0.3) is 6.08 Å². The van der Waals surface area contributed by atoms with Crippen molar-refractivity contribution in [3.8, 4) is 0 Å². The van der Waals surface area contributed by atoms with E-state index in [1.807, 2.05) is 0 Å². The summed E-state index contributed by atoms with van der Waals surface area (Å²) in [5, 5.41) is 9.07. The predicted molar refractivity (Wildman–Crippen MR) is 63.0 cm³/mol. The van der Waals surface area contributed by atoms with Crippen LogP contribution in [0.5, 0.6) is 0 Å². The minimum absolute atomic E-state index is 0.0268. The Labute approximate surface area is 103 Å². The number of nitrogens with zero attached hydrogens (tertiary/aromatic N) is 1. The number of rotatable bonds is 2. The van der Waals surface area contributed by atoms with Crippen LogP contribution in [0.4, 0.5) is 4.39 Å². The summed E-state index contributed by atoms with van der Waals surface area (Å²) >= 11 is 5.61. The number of amides is 1. The van der Waals surface area contributed by atoms with E-state index in [1.54, 1.807) is 6.08 Å². The van der Waals surface area contributed by atoms with Crippen molar-refractivity contribution in [1.29, 1.82) is 0 Å². The van der Waals surface area contributed by atoms with Crippen molar-refractivity contribution in [2.75, 3.05) is 13.1 Å². The van der Waals surface area contributed by atoms with E-state index in [2.05, 4.69) is 0 Å². The summed E-state index contributed by atoms with van der Waals surface area (Å²) in [6.45, 7) is 0.737. The molecule has 0 spiro atoms. The van der Waals surface area contributed by atoms with Gasteiger partial charge in [0.1, 0.15) is 5.82 Å². The molecule has 1 aromatic carbocycles. The van der Waals surface area contributed by atoms with E-state index in [9.17, 15) is 9.18 Å². The lowest BCUT2D eigenvalue weighted by Crippen LogP contribution is -2.52. The van der Waals surface area contributed by atoms with Gasteiger partial charge in [-0.2, -0.15) is 0 Å². The van der Waals surface area contributed by atoms with E-state index >= 15 is 0 Å². The molecule has 17 heavy (non-hydrogen) atoms. The summed E-state index contributed by atoms with van der Waals surface area (Å²) in [7, 11) is 0. The molecule has 0 aromatic heterocycles. The number of likely N-dealkylation sites (tertiary alicyclic amines) is 1. The number of aliphatic hydroxyl groups is 1. The fraction of sp³-hybridized carbons (Fsp3) is 0.250. The Kier molecular flexibility index (Phi) is 3.45. The van der Waals surface area contributed by atoms with Gasteiger partial charge in [0.05, 0.1) is 11.1 Å². The number of carbonyl (C=O) groups is 1. The highest BCUT2D eigenvalue weighted by molar-refractivity contribution is 6.30. The molecule has 90 valence electrons. The topological polar surface area (TPSA) is 40.5 Å². The van der Waals surface area contributed by atoms with Crippen molar-refractivity contribution < 1.29 is 14.3 Å². The zero-order valence-corrected chi connectivity index (χ0v) is 9.69. The molecule has 5 heteroatoms. The molecule has 1 heterocycles. The minimum Gasteiger partial charge on any atom is -0.389 e. The SMILES string of the molecule is O=C(/C=C/c1ccc(F)c(Cl)c1)N1CC(O)C1. The third kappa shape index (κ3) is 2.84. The van der Waals surface area contributed by atoms with Crippen molar-refractivity contribution in [3.63, 3.8) is 0 Å². The molecule has 3 nitrogen and oxygen atoms in total. The van der Waals surface area contributed by atoms with Crippen LogP contribution < -0.4 is 0 Å². The molecule has 0 saturated carbocycles. The summed E-state index contributed by atoms with van der Waals surface area (Å²) in [5.74, 6) is -0.656. The number of β-amino-alcohol motifs (C(OH)–C–C–N with tert-alkyl or cyclic N) is 1. The molecule has 1 aliphatic heterocycles. The van der Waals surface area contributed by atoms with Gasteiger partial charge in [0.15, 0.2) is 0 Å². The predicted octanol–water partition coefficient (Wildman–Crippen LogP) is 1.70. The molecule has 1 amide bonds. The van der Waals surface area contributed by atoms with Gasteiger partial charge in [-0.25, -0.2) is 4.39 Å². The van der Waals surface area contributed by atoms with Gasteiger partial charge in [0, 0.05) is 19.2 Å². The fourth-order valence-corrected chi connectivity index (χ4v) is 1.71. The van der Waals surface area contributed by atoms with Crippen LogP contribution in [0.15, 0.2) is 24.3 Å². The van der Waals surface area contributed by atoms with E-state index in [0.29, 0.717) is 18.7 Å². The largest absolute Gasteiger partial charge is 0.389 e. The molecular weight excluding hydrogens is 245 g/mol. The van der Waals surface area contributed by atoms with Gasteiger partial charge >= 0.3 is 0 Å². The van der Waals surface area contributed by atoms with Gasteiger partial charge in [0.2, 0.25) is 5.91 Å². The van der Waals surface area contributed by atoms with Crippen LogP contribution in [0.3, 0.4) is 0 Å². The third-order valence-electron chi connectivity index (χ3n) is 2.54. The number of hydrogen-bond acceptors (Lipinski definition) is 2. The lowest BCUT2D eigenvalue weighted by Gasteiger charge is -2.34. The van der Waals surface area contributed by atoms with Gasteiger partial charge in [-0.15, -0.1) is 0 Å². The van der Waals surface area contributed by atoms with Crippen LogP contribution >= 0.6 is 11.6 Å². The monoisotopic (exact) mass is 255 g/mol. The highest BCUT2D eigenvalue weighted by Gasteiger charge is 2.26. The zero-order valence-electron chi connectivity index (χ0n) is 8.94. The first-order valence-electron chi connectivity index (χ1n) is 5.16. The number of halogens is 2. The Morgan fingerprint density at radius 3 is 2.82 bits per heavy atom. The van der Waals surface area contributed by atoms with Gasteiger partial charge in [0.25, 0.3) is 0 Å². The molecule has 1 aliphatic rings. The van der Waals surface area contributed by atoms with Crippen molar-refractivity contribution in [3.05, 3.63) is 40.7 Å². The Morgan fingerprint density at radius 2 is 2.24 bits per heavy atom. The summed E-state index contributed by atoms with van der Waals surface area (Å²) < 4.78 is 12.9. The van der Waals surface area contributed by atoms with E-state index in [4.69, 9.17) is 16.7 Å². The smallest absolute Gasteiger partial charge is 0.246 e. The van der Waals surface area contributed by atoms with Crippen LogP contribution in [0.1, 0.15) is 5.56 Å². The summed E-state index contributed by atoms with van der Waals surface area (Å²) in [4.78, 5) is 13.0. The lowest BCUT2D eigenvalue weighted by molar-refractivity contribution is -0.135. The molecule has 1 saturated heterocycles. The first-order valence-corrected chi connectivity index (χ1v) is 5.54. The second-order valence-corrected chi connectivity index (χ2v) is 4.31. The second-order valence-electron chi connectivity index (χ2n) is 3.90. The Balaban J connectivity index is 2.00. The van der Waals surface area contributed by atoms with Gasteiger partial charge < -0.3 is 10.0 Å². The molecule has 1 fully saturated rings. The first kappa shape index (κ1) is 12.1. The van der Waals surface area contributed by atoms with Crippen LogP contribution in [-0.2, 0) is 4.79 Å².